The van der Waals surface area contributed by atoms with Crippen molar-refractivity contribution < 1.29 is 10.2 Å². The molecule has 0 bridgehead atoms. The Kier molecular flexibility index (Phi) is 4.57. The van der Waals surface area contributed by atoms with Crippen LogP contribution in [0.15, 0.2) is 6.20 Å². The molecule has 6 nitrogen and oxygen atoms in total. The van der Waals surface area contributed by atoms with Gasteiger partial charge in [-0.1, -0.05) is 6.92 Å². The van der Waals surface area contributed by atoms with Gasteiger partial charge in [0.05, 0.1) is 30.6 Å². The quantitative estimate of drug-likeness (QED) is 0.551. The highest BCUT2D eigenvalue weighted by Crippen LogP contribution is 2.18. The molecule has 0 aliphatic carbocycles. The first-order chi connectivity index (χ1) is 7.56. The first-order valence-corrected chi connectivity index (χ1v) is 5.47. The Balaban J connectivity index is 2.71. The molecule has 1 heterocycles. The summed E-state index contributed by atoms with van der Waals surface area (Å²) in [5.74, 6) is 0.696. The number of aliphatic hydroxyl groups excluding tert-OH is 2. The molecule has 0 aliphatic heterocycles. The predicted octanol–water partition coefficient (Wildman–Crippen LogP) is 0.0289. The van der Waals surface area contributed by atoms with Gasteiger partial charge in [0.15, 0.2) is 0 Å². The molecule has 0 amide bonds. The molecule has 1 aromatic heterocycles. The van der Waals surface area contributed by atoms with Crippen LogP contribution in [0.3, 0.4) is 0 Å². The van der Waals surface area contributed by atoms with E-state index in [1.807, 2.05) is 0 Å². The highest BCUT2D eigenvalue weighted by Gasteiger charge is 2.15. The summed E-state index contributed by atoms with van der Waals surface area (Å²) in [6, 6.07) is 0. The Morgan fingerprint density at radius 1 is 1.56 bits per heavy atom. The Hall–Kier alpha value is -1.27. The van der Waals surface area contributed by atoms with Crippen LogP contribution in [-0.4, -0.2) is 38.7 Å². The van der Waals surface area contributed by atoms with Gasteiger partial charge in [-0.2, -0.15) is 5.10 Å². The minimum absolute atomic E-state index is 0.223. The molecule has 16 heavy (non-hydrogen) atoms. The van der Waals surface area contributed by atoms with Gasteiger partial charge in [0.25, 0.3) is 0 Å². The first kappa shape index (κ1) is 12.8. The van der Waals surface area contributed by atoms with Crippen LogP contribution in [0.5, 0.6) is 0 Å². The van der Waals surface area contributed by atoms with Gasteiger partial charge in [-0.25, -0.2) is 4.68 Å². The molecule has 5 N–H and O–H groups in total. The molecule has 6 heteroatoms. The molecule has 0 saturated heterocycles. The van der Waals surface area contributed by atoms with Crippen molar-refractivity contribution in [1.29, 1.82) is 0 Å². The van der Waals surface area contributed by atoms with Crippen LogP contribution in [0.1, 0.15) is 20.3 Å². The topological polar surface area (TPSA) is 96.3 Å². The van der Waals surface area contributed by atoms with E-state index in [9.17, 15) is 10.2 Å². The molecule has 0 aromatic carbocycles. The average Bonchev–Trinajstić information content (AvgIpc) is 2.57. The van der Waals surface area contributed by atoms with E-state index in [4.69, 9.17) is 5.73 Å². The van der Waals surface area contributed by atoms with Gasteiger partial charge in [0.1, 0.15) is 5.82 Å². The van der Waals surface area contributed by atoms with Gasteiger partial charge < -0.3 is 21.3 Å². The molecule has 92 valence electrons. The summed E-state index contributed by atoms with van der Waals surface area (Å²) in [7, 11) is 0. The SMILES string of the molecule is CCCNc1c(N)cnn1CC(O)C(C)O. The van der Waals surface area contributed by atoms with E-state index >= 15 is 0 Å². The number of rotatable bonds is 6. The van der Waals surface area contributed by atoms with Gasteiger partial charge in [-0.3, -0.25) is 0 Å². The predicted molar refractivity (Wildman–Crippen MR) is 63.1 cm³/mol. The lowest BCUT2D eigenvalue weighted by Gasteiger charge is -2.16. The lowest BCUT2D eigenvalue weighted by Crippen LogP contribution is -2.28. The van der Waals surface area contributed by atoms with Crippen molar-refractivity contribution >= 4 is 11.5 Å². The number of hydrogen-bond donors (Lipinski definition) is 4. The third-order valence-corrected chi connectivity index (χ3v) is 2.33. The normalized spacial score (nSPS) is 14.8. The van der Waals surface area contributed by atoms with E-state index in [1.165, 1.54) is 13.1 Å². The van der Waals surface area contributed by atoms with Gasteiger partial charge >= 0.3 is 0 Å². The number of anilines is 2. The fourth-order valence-electron chi connectivity index (χ4n) is 1.30. The molecule has 0 spiro atoms. The summed E-state index contributed by atoms with van der Waals surface area (Å²) in [5, 5.41) is 26.0. The number of nitrogens with one attached hydrogen (secondary N) is 1. The largest absolute Gasteiger partial charge is 0.394 e. The molecule has 0 fully saturated rings. The second-order valence-corrected chi connectivity index (χ2v) is 3.87. The number of nitrogen functional groups attached to an aromatic ring is 1. The molecule has 2 atom stereocenters. The maximum Gasteiger partial charge on any atom is 0.147 e. The maximum absolute atomic E-state index is 9.56. The smallest absolute Gasteiger partial charge is 0.147 e. The lowest BCUT2D eigenvalue weighted by atomic mass is 10.2. The molecular weight excluding hydrogens is 208 g/mol. The number of aromatic nitrogens is 2. The maximum atomic E-state index is 9.56. The molecule has 0 aliphatic rings. The van der Waals surface area contributed by atoms with E-state index in [-0.39, 0.29) is 6.54 Å². The third kappa shape index (κ3) is 3.11. The number of aliphatic hydroxyl groups is 2. The van der Waals surface area contributed by atoms with Crippen LogP contribution in [0.4, 0.5) is 11.5 Å². The summed E-state index contributed by atoms with van der Waals surface area (Å²) >= 11 is 0. The van der Waals surface area contributed by atoms with Crippen molar-refractivity contribution in [2.45, 2.75) is 39.0 Å². The minimum Gasteiger partial charge on any atom is -0.394 e. The van der Waals surface area contributed by atoms with E-state index < -0.39 is 12.2 Å². The fraction of sp³-hybridized carbons (Fsp3) is 0.700. The van der Waals surface area contributed by atoms with E-state index in [0.29, 0.717) is 11.5 Å². The van der Waals surface area contributed by atoms with E-state index in [1.54, 1.807) is 4.68 Å². The van der Waals surface area contributed by atoms with Gasteiger partial charge in [0, 0.05) is 6.54 Å². The van der Waals surface area contributed by atoms with Crippen LogP contribution in [0.2, 0.25) is 0 Å². The molecule has 1 aromatic rings. The van der Waals surface area contributed by atoms with E-state index in [2.05, 4.69) is 17.3 Å². The van der Waals surface area contributed by atoms with Crippen LogP contribution in [0.25, 0.3) is 0 Å². The number of hydrogen-bond acceptors (Lipinski definition) is 5. The van der Waals surface area contributed by atoms with Gasteiger partial charge in [-0.05, 0) is 13.3 Å². The van der Waals surface area contributed by atoms with Crippen LogP contribution >= 0.6 is 0 Å². The van der Waals surface area contributed by atoms with Gasteiger partial charge in [-0.15, -0.1) is 0 Å². The Morgan fingerprint density at radius 3 is 2.81 bits per heavy atom. The van der Waals surface area contributed by atoms with Crippen LogP contribution in [0, 0.1) is 0 Å². The third-order valence-electron chi connectivity index (χ3n) is 2.33. The zero-order valence-electron chi connectivity index (χ0n) is 9.72. The number of nitrogens with two attached hydrogens (primary N) is 1. The Labute approximate surface area is 95.1 Å². The summed E-state index contributed by atoms with van der Waals surface area (Å²) in [6.45, 7) is 4.60. The monoisotopic (exact) mass is 228 g/mol. The minimum atomic E-state index is -0.846. The van der Waals surface area contributed by atoms with Crippen molar-refractivity contribution in [3.05, 3.63) is 6.20 Å². The summed E-state index contributed by atoms with van der Waals surface area (Å²) < 4.78 is 1.57. The van der Waals surface area contributed by atoms with Gasteiger partial charge in [0.2, 0.25) is 0 Å². The summed E-state index contributed by atoms with van der Waals surface area (Å²) in [5.41, 5.74) is 6.29. The highest BCUT2D eigenvalue weighted by molar-refractivity contribution is 5.60. The Bertz CT molecular complexity index is 325. The molecule has 0 saturated carbocycles. The molecular formula is C10H20N4O2. The molecule has 1 rings (SSSR count). The van der Waals surface area contributed by atoms with Crippen molar-refractivity contribution in [2.24, 2.45) is 0 Å². The van der Waals surface area contributed by atoms with Crippen molar-refractivity contribution in [3.8, 4) is 0 Å². The van der Waals surface area contributed by atoms with Crippen molar-refractivity contribution in [3.63, 3.8) is 0 Å². The van der Waals surface area contributed by atoms with Crippen LogP contribution in [-0.2, 0) is 6.54 Å². The number of nitrogens with zero attached hydrogens (tertiary/aromatic N) is 2. The van der Waals surface area contributed by atoms with Crippen LogP contribution < -0.4 is 11.1 Å². The second-order valence-electron chi connectivity index (χ2n) is 3.87. The summed E-state index contributed by atoms with van der Waals surface area (Å²) in [6.07, 6.45) is 0.877. The second kappa shape index (κ2) is 5.72. The lowest BCUT2D eigenvalue weighted by molar-refractivity contribution is 0.0190. The standard InChI is InChI=1S/C10H20N4O2/c1-3-4-12-10-8(11)5-13-14(10)6-9(16)7(2)15/h5,7,9,12,15-16H,3-4,6,11H2,1-2H3. The van der Waals surface area contributed by atoms with Crippen molar-refractivity contribution in [2.75, 3.05) is 17.6 Å². The highest BCUT2D eigenvalue weighted by atomic mass is 16.3. The zero-order chi connectivity index (χ0) is 12.1. The van der Waals surface area contributed by atoms with E-state index in [0.717, 1.165) is 13.0 Å². The molecule has 0 radical (unpaired) electrons. The summed E-state index contributed by atoms with van der Waals surface area (Å²) in [4.78, 5) is 0. The molecule has 2 unspecified atom stereocenters. The first-order valence-electron chi connectivity index (χ1n) is 5.47. The average molecular weight is 228 g/mol. The fourth-order valence-corrected chi connectivity index (χ4v) is 1.30. The van der Waals surface area contributed by atoms with Crippen molar-refractivity contribution in [1.82, 2.24) is 9.78 Å². The Morgan fingerprint density at radius 2 is 2.25 bits per heavy atom. The zero-order valence-corrected chi connectivity index (χ0v) is 9.72.